The van der Waals surface area contributed by atoms with Crippen LogP contribution in [0.5, 0.6) is 5.75 Å². The Hall–Kier alpha value is -3.08. The molecule has 0 amide bonds. The summed E-state index contributed by atoms with van der Waals surface area (Å²) in [5, 5.41) is 13.9. The Morgan fingerprint density at radius 2 is 1.97 bits per heavy atom. The zero-order valence-corrected chi connectivity index (χ0v) is 19.0. The van der Waals surface area contributed by atoms with E-state index in [2.05, 4.69) is 21.3 Å². The number of hydrogen-bond acceptors (Lipinski definition) is 5. The molecule has 5 nitrogen and oxygen atoms in total. The summed E-state index contributed by atoms with van der Waals surface area (Å²) in [7, 11) is 1.63. The van der Waals surface area contributed by atoms with E-state index in [0.717, 1.165) is 61.1 Å². The van der Waals surface area contributed by atoms with Gasteiger partial charge < -0.3 is 15.0 Å². The van der Waals surface area contributed by atoms with E-state index in [-0.39, 0.29) is 6.04 Å². The SMILES string of the molecule is COc1ccc2ncc(C#N)c(CCN3CCC(NCc4ccc(C)c(F)c4F)CC3)c2c1. The standard InChI is InChI=1S/C26H28F2N4O/c1-17-3-4-18(26(28)25(17)27)15-30-20-7-10-32(11-8-20)12-9-22-19(14-29)16-31-24-6-5-21(33-2)13-23(22)24/h3-6,13,16,20,30H,7-12,15H2,1-2H3. The molecular weight excluding hydrogens is 422 g/mol. The second-order valence-electron chi connectivity index (χ2n) is 8.56. The first-order valence-corrected chi connectivity index (χ1v) is 11.2. The van der Waals surface area contributed by atoms with Crippen LogP contribution in [0, 0.1) is 29.9 Å². The molecule has 4 rings (SSSR count). The Kier molecular flexibility index (Phi) is 7.17. The van der Waals surface area contributed by atoms with Crippen LogP contribution in [0.25, 0.3) is 10.9 Å². The maximum Gasteiger partial charge on any atom is 0.163 e. The summed E-state index contributed by atoms with van der Waals surface area (Å²) in [5.74, 6) is -0.769. The number of halogens is 2. The van der Waals surface area contributed by atoms with Gasteiger partial charge in [-0.15, -0.1) is 0 Å². The van der Waals surface area contributed by atoms with Gasteiger partial charge in [0.1, 0.15) is 11.8 Å². The number of fused-ring (bicyclic) bond motifs is 1. The summed E-state index contributed by atoms with van der Waals surface area (Å²) in [6.07, 6.45) is 4.27. The van der Waals surface area contributed by atoms with Crippen molar-refractivity contribution >= 4 is 10.9 Å². The van der Waals surface area contributed by atoms with E-state index in [4.69, 9.17) is 4.74 Å². The van der Waals surface area contributed by atoms with Gasteiger partial charge in [-0.1, -0.05) is 12.1 Å². The molecular formula is C26H28F2N4O. The number of ether oxygens (including phenoxy) is 1. The number of hydrogen-bond donors (Lipinski definition) is 1. The van der Waals surface area contributed by atoms with Crippen LogP contribution in [-0.2, 0) is 13.0 Å². The second-order valence-corrected chi connectivity index (χ2v) is 8.56. The number of rotatable bonds is 7. The maximum absolute atomic E-state index is 14.1. The third-order valence-electron chi connectivity index (χ3n) is 6.51. The molecule has 2 aromatic carbocycles. The first-order chi connectivity index (χ1) is 16.0. The molecule has 1 aliphatic heterocycles. The average molecular weight is 451 g/mol. The number of benzene rings is 2. The zero-order chi connectivity index (χ0) is 23.4. The fourth-order valence-electron chi connectivity index (χ4n) is 4.43. The quantitative estimate of drug-likeness (QED) is 0.574. The highest BCUT2D eigenvalue weighted by molar-refractivity contribution is 5.85. The summed E-state index contributed by atoms with van der Waals surface area (Å²) in [6, 6.07) is 11.5. The largest absolute Gasteiger partial charge is 0.497 e. The predicted molar refractivity (Wildman–Crippen MR) is 124 cm³/mol. The Morgan fingerprint density at radius 1 is 1.18 bits per heavy atom. The van der Waals surface area contributed by atoms with Gasteiger partial charge in [-0.2, -0.15) is 5.26 Å². The van der Waals surface area contributed by atoms with Crippen molar-refractivity contribution < 1.29 is 13.5 Å². The third kappa shape index (κ3) is 5.13. The Balaban J connectivity index is 1.34. The second kappa shape index (κ2) is 10.2. The topological polar surface area (TPSA) is 61.2 Å². The van der Waals surface area contributed by atoms with Gasteiger partial charge in [0.05, 0.1) is 18.2 Å². The van der Waals surface area contributed by atoms with E-state index in [1.807, 2.05) is 18.2 Å². The van der Waals surface area contributed by atoms with Crippen molar-refractivity contribution in [3.8, 4) is 11.8 Å². The first-order valence-electron chi connectivity index (χ1n) is 11.2. The van der Waals surface area contributed by atoms with Gasteiger partial charge in [0.2, 0.25) is 0 Å². The highest BCUT2D eigenvalue weighted by Gasteiger charge is 2.20. The molecule has 1 aromatic heterocycles. The fourth-order valence-corrected chi connectivity index (χ4v) is 4.43. The number of likely N-dealkylation sites (tertiary alicyclic amines) is 1. The molecule has 1 aliphatic rings. The highest BCUT2D eigenvalue weighted by atomic mass is 19.2. The van der Waals surface area contributed by atoms with Crippen LogP contribution < -0.4 is 10.1 Å². The molecule has 2 heterocycles. The van der Waals surface area contributed by atoms with Crippen LogP contribution in [0.4, 0.5) is 8.78 Å². The van der Waals surface area contributed by atoms with Crippen LogP contribution in [-0.4, -0.2) is 42.7 Å². The van der Waals surface area contributed by atoms with Crippen LogP contribution in [0.1, 0.15) is 35.1 Å². The minimum atomic E-state index is -0.762. The van der Waals surface area contributed by atoms with Crippen molar-refractivity contribution in [2.24, 2.45) is 0 Å². The van der Waals surface area contributed by atoms with Gasteiger partial charge in [-0.05, 0) is 68.6 Å². The van der Waals surface area contributed by atoms with Gasteiger partial charge >= 0.3 is 0 Å². The van der Waals surface area contributed by atoms with Gasteiger partial charge in [-0.3, -0.25) is 4.98 Å². The normalized spacial score (nSPS) is 15.0. The lowest BCUT2D eigenvalue weighted by atomic mass is 9.99. The zero-order valence-electron chi connectivity index (χ0n) is 19.0. The van der Waals surface area contributed by atoms with E-state index < -0.39 is 11.6 Å². The summed E-state index contributed by atoms with van der Waals surface area (Å²) >= 11 is 0. The molecule has 7 heteroatoms. The van der Waals surface area contributed by atoms with E-state index in [9.17, 15) is 14.0 Å². The molecule has 1 saturated heterocycles. The van der Waals surface area contributed by atoms with Gasteiger partial charge in [0.25, 0.3) is 0 Å². The number of piperidine rings is 1. The summed E-state index contributed by atoms with van der Waals surface area (Å²) in [6.45, 7) is 4.56. The first kappa shape index (κ1) is 23.1. The third-order valence-corrected chi connectivity index (χ3v) is 6.51. The van der Waals surface area contributed by atoms with E-state index in [0.29, 0.717) is 23.2 Å². The smallest absolute Gasteiger partial charge is 0.163 e. The number of nitrogens with one attached hydrogen (secondary N) is 1. The molecule has 0 atom stereocenters. The van der Waals surface area contributed by atoms with Crippen molar-refractivity contribution in [1.82, 2.24) is 15.2 Å². The number of pyridine rings is 1. The maximum atomic E-state index is 14.1. The molecule has 0 spiro atoms. The minimum absolute atomic E-state index is 0.269. The van der Waals surface area contributed by atoms with Crippen LogP contribution >= 0.6 is 0 Å². The molecule has 0 radical (unpaired) electrons. The average Bonchev–Trinajstić information content (AvgIpc) is 2.85. The summed E-state index contributed by atoms with van der Waals surface area (Å²) < 4.78 is 33.2. The molecule has 172 valence electrons. The van der Waals surface area contributed by atoms with Crippen molar-refractivity contribution in [3.05, 3.63) is 70.4 Å². The summed E-state index contributed by atoms with van der Waals surface area (Å²) in [5.41, 5.74) is 3.14. The lowest BCUT2D eigenvalue weighted by Crippen LogP contribution is -2.43. The number of methoxy groups -OCH3 is 1. The van der Waals surface area contributed by atoms with Crippen LogP contribution in [0.3, 0.4) is 0 Å². The van der Waals surface area contributed by atoms with Crippen molar-refractivity contribution in [2.75, 3.05) is 26.7 Å². The van der Waals surface area contributed by atoms with Gasteiger partial charge in [-0.25, -0.2) is 8.78 Å². The predicted octanol–water partition coefficient (Wildman–Crippen LogP) is 4.50. The van der Waals surface area contributed by atoms with Crippen molar-refractivity contribution in [3.63, 3.8) is 0 Å². The number of nitrogens with zero attached hydrogens (tertiary/aromatic N) is 3. The fraction of sp³-hybridized carbons (Fsp3) is 0.385. The van der Waals surface area contributed by atoms with Crippen LogP contribution in [0.2, 0.25) is 0 Å². The molecule has 1 N–H and O–H groups in total. The monoisotopic (exact) mass is 450 g/mol. The lowest BCUT2D eigenvalue weighted by Gasteiger charge is -2.32. The molecule has 0 bridgehead atoms. The number of aryl methyl sites for hydroxylation is 1. The van der Waals surface area contributed by atoms with Crippen LogP contribution in [0.15, 0.2) is 36.5 Å². The summed E-state index contributed by atoms with van der Waals surface area (Å²) in [4.78, 5) is 6.79. The molecule has 33 heavy (non-hydrogen) atoms. The molecule has 0 aliphatic carbocycles. The molecule has 3 aromatic rings. The minimum Gasteiger partial charge on any atom is -0.497 e. The Morgan fingerprint density at radius 3 is 2.70 bits per heavy atom. The Bertz CT molecular complexity index is 1180. The van der Waals surface area contributed by atoms with Gasteiger partial charge in [0.15, 0.2) is 11.6 Å². The lowest BCUT2D eigenvalue weighted by molar-refractivity contribution is 0.199. The number of aromatic nitrogens is 1. The molecule has 0 saturated carbocycles. The molecule has 1 fully saturated rings. The van der Waals surface area contributed by atoms with E-state index >= 15 is 0 Å². The number of nitriles is 1. The highest BCUT2D eigenvalue weighted by Crippen LogP contribution is 2.26. The molecule has 0 unspecified atom stereocenters. The van der Waals surface area contributed by atoms with E-state index in [1.165, 1.54) is 0 Å². The van der Waals surface area contributed by atoms with Crippen molar-refractivity contribution in [1.29, 1.82) is 5.26 Å². The van der Waals surface area contributed by atoms with E-state index in [1.54, 1.807) is 32.4 Å². The van der Waals surface area contributed by atoms with Crippen molar-refractivity contribution in [2.45, 2.75) is 38.8 Å². The van der Waals surface area contributed by atoms with Gasteiger partial charge in [0, 0.05) is 36.3 Å². The Labute approximate surface area is 193 Å².